The molecule has 1 N–H and O–H groups in total. The van der Waals surface area contributed by atoms with E-state index in [9.17, 15) is 8.42 Å². The highest BCUT2D eigenvalue weighted by Gasteiger charge is 2.38. The number of hydrogen-bond acceptors (Lipinski definition) is 4. The maximum absolute atomic E-state index is 11.6. The minimum Gasteiger partial charge on any atom is -0.306 e. The standard InChI is InChI=1S/C14H25N3O2S/c1-13(2,3)12-11(9-17(5)16-12)8-15-14(4)6-7-20(18,19)10-14/h9,15H,6-8,10H2,1-5H3. The summed E-state index contributed by atoms with van der Waals surface area (Å²) in [6.45, 7) is 9.07. The third kappa shape index (κ3) is 3.41. The Morgan fingerprint density at radius 3 is 2.60 bits per heavy atom. The summed E-state index contributed by atoms with van der Waals surface area (Å²) in [5.41, 5.74) is 1.88. The highest BCUT2D eigenvalue weighted by molar-refractivity contribution is 7.91. The van der Waals surface area contributed by atoms with E-state index in [1.807, 2.05) is 24.9 Å². The Labute approximate surface area is 121 Å². The third-order valence-corrected chi connectivity index (χ3v) is 5.73. The van der Waals surface area contributed by atoms with E-state index in [0.717, 1.165) is 11.3 Å². The summed E-state index contributed by atoms with van der Waals surface area (Å²) in [7, 11) is -0.958. The van der Waals surface area contributed by atoms with Crippen LogP contribution in [-0.2, 0) is 28.8 Å². The highest BCUT2D eigenvalue weighted by Crippen LogP contribution is 2.26. The Kier molecular flexibility index (Phi) is 3.75. The van der Waals surface area contributed by atoms with Gasteiger partial charge in [0.05, 0.1) is 17.2 Å². The molecule has 1 unspecified atom stereocenters. The second-order valence-electron chi connectivity index (χ2n) is 7.18. The molecular weight excluding hydrogens is 274 g/mol. The fraction of sp³-hybridized carbons (Fsp3) is 0.786. The van der Waals surface area contributed by atoms with Gasteiger partial charge in [-0.25, -0.2) is 8.42 Å². The maximum atomic E-state index is 11.6. The topological polar surface area (TPSA) is 64.0 Å². The number of sulfone groups is 1. The van der Waals surface area contributed by atoms with Crippen LogP contribution < -0.4 is 5.32 Å². The van der Waals surface area contributed by atoms with Gasteiger partial charge in [0.25, 0.3) is 0 Å². The molecule has 2 heterocycles. The molecule has 0 bridgehead atoms. The molecule has 1 atom stereocenters. The van der Waals surface area contributed by atoms with Gasteiger partial charge in [-0.1, -0.05) is 20.8 Å². The Morgan fingerprint density at radius 2 is 2.10 bits per heavy atom. The number of rotatable bonds is 3. The highest BCUT2D eigenvalue weighted by atomic mass is 32.2. The lowest BCUT2D eigenvalue weighted by molar-refractivity contribution is 0.393. The summed E-state index contributed by atoms with van der Waals surface area (Å²) in [6, 6.07) is 0. The van der Waals surface area contributed by atoms with Gasteiger partial charge >= 0.3 is 0 Å². The van der Waals surface area contributed by atoms with Crippen LogP contribution in [0, 0.1) is 0 Å². The molecule has 0 radical (unpaired) electrons. The van der Waals surface area contributed by atoms with E-state index in [1.165, 1.54) is 0 Å². The smallest absolute Gasteiger partial charge is 0.152 e. The van der Waals surface area contributed by atoms with Crippen molar-refractivity contribution < 1.29 is 8.42 Å². The predicted molar refractivity (Wildman–Crippen MR) is 80.4 cm³/mol. The van der Waals surface area contributed by atoms with Crippen LogP contribution in [0.15, 0.2) is 6.20 Å². The van der Waals surface area contributed by atoms with Crippen molar-refractivity contribution in [1.82, 2.24) is 15.1 Å². The number of nitrogens with zero attached hydrogens (tertiary/aromatic N) is 2. The van der Waals surface area contributed by atoms with Gasteiger partial charge in [-0.3, -0.25) is 4.68 Å². The number of aryl methyl sites for hydroxylation is 1. The minimum atomic E-state index is -2.87. The van der Waals surface area contributed by atoms with Crippen molar-refractivity contribution in [1.29, 1.82) is 0 Å². The van der Waals surface area contributed by atoms with Crippen molar-refractivity contribution in [2.75, 3.05) is 11.5 Å². The van der Waals surface area contributed by atoms with E-state index in [-0.39, 0.29) is 22.5 Å². The van der Waals surface area contributed by atoms with Crippen LogP contribution in [0.1, 0.15) is 45.4 Å². The SMILES string of the molecule is Cn1cc(CNC2(C)CCS(=O)(=O)C2)c(C(C)(C)C)n1. The second kappa shape index (κ2) is 4.84. The van der Waals surface area contributed by atoms with E-state index in [0.29, 0.717) is 13.0 Å². The molecule has 6 heteroatoms. The lowest BCUT2D eigenvalue weighted by Gasteiger charge is -2.25. The average Bonchev–Trinajstić information content (AvgIpc) is 2.77. The summed E-state index contributed by atoms with van der Waals surface area (Å²) < 4.78 is 25.1. The van der Waals surface area contributed by atoms with Crippen LogP contribution in [0.3, 0.4) is 0 Å². The van der Waals surface area contributed by atoms with Gasteiger partial charge in [0.2, 0.25) is 0 Å². The Morgan fingerprint density at radius 1 is 1.45 bits per heavy atom. The van der Waals surface area contributed by atoms with Crippen molar-refractivity contribution in [2.45, 2.75) is 51.6 Å². The Balaban J connectivity index is 2.12. The monoisotopic (exact) mass is 299 g/mol. The molecule has 0 aliphatic carbocycles. The zero-order chi connectivity index (χ0) is 15.2. The van der Waals surface area contributed by atoms with Crippen LogP contribution in [0.5, 0.6) is 0 Å². The number of nitrogens with one attached hydrogen (secondary N) is 1. The van der Waals surface area contributed by atoms with E-state index in [4.69, 9.17) is 0 Å². The molecule has 0 aromatic carbocycles. The molecule has 1 saturated heterocycles. The zero-order valence-electron chi connectivity index (χ0n) is 13.0. The first-order valence-electron chi connectivity index (χ1n) is 6.99. The third-order valence-electron chi connectivity index (χ3n) is 3.82. The van der Waals surface area contributed by atoms with E-state index < -0.39 is 9.84 Å². The molecule has 1 aliphatic rings. The molecule has 1 aromatic heterocycles. The average molecular weight is 299 g/mol. The molecule has 1 aliphatic heterocycles. The summed E-state index contributed by atoms with van der Waals surface area (Å²) in [6.07, 6.45) is 2.70. The van der Waals surface area contributed by atoms with Crippen molar-refractivity contribution >= 4 is 9.84 Å². The Bertz CT molecular complexity index is 598. The van der Waals surface area contributed by atoms with E-state index in [2.05, 4.69) is 31.2 Å². The lowest BCUT2D eigenvalue weighted by Crippen LogP contribution is -2.43. The molecule has 1 fully saturated rings. The minimum absolute atomic E-state index is 0.0130. The molecule has 0 saturated carbocycles. The predicted octanol–water partition coefficient (Wildman–Crippen LogP) is 1.38. The van der Waals surface area contributed by atoms with Gasteiger partial charge in [0.1, 0.15) is 0 Å². The van der Waals surface area contributed by atoms with Gasteiger partial charge in [-0.05, 0) is 13.3 Å². The summed E-state index contributed by atoms with van der Waals surface area (Å²) in [4.78, 5) is 0. The number of aromatic nitrogens is 2. The maximum Gasteiger partial charge on any atom is 0.152 e. The van der Waals surface area contributed by atoms with Gasteiger partial charge < -0.3 is 5.32 Å². The Hall–Kier alpha value is -0.880. The summed E-state index contributed by atoms with van der Waals surface area (Å²) in [5.74, 6) is 0.515. The van der Waals surface area contributed by atoms with Crippen LogP contribution in [0.25, 0.3) is 0 Å². The molecular formula is C14H25N3O2S. The van der Waals surface area contributed by atoms with Crippen LogP contribution >= 0.6 is 0 Å². The van der Waals surface area contributed by atoms with Crippen molar-refractivity contribution in [3.8, 4) is 0 Å². The van der Waals surface area contributed by atoms with Crippen LogP contribution in [0.4, 0.5) is 0 Å². The largest absolute Gasteiger partial charge is 0.306 e. The second-order valence-corrected chi connectivity index (χ2v) is 9.37. The molecule has 5 nitrogen and oxygen atoms in total. The molecule has 0 spiro atoms. The molecule has 114 valence electrons. The van der Waals surface area contributed by atoms with Gasteiger partial charge in [-0.15, -0.1) is 0 Å². The van der Waals surface area contributed by atoms with Gasteiger partial charge in [-0.2, -0.15) is 5.10 Å². The molecule has 1 aromatic rings. The normalized spacial score (nSPS) is 26.1. The lowest BCUT2D eigenvalue weighted by atomic mass is 9.89. The first-order chi connectivity index (χ1) is 9.01. The summed E-state index contributed by atoms with van der Waals surface area (Å²) in [5, 5.41) is 7.96. The quantitative estimate of drug-likeness (QED) is 0.916. The first-order valence-corrected chi connectivity index (χ1v) is 8.81. The van der Waals surface area contributed by atoms with Crippen molar-refractivity contribution in [3.05, 3.63) is 17.5 Å². The van der Waals surface area contributed by atoms with E-state index in [1.54, 1.807) is 0 Å². The van der Waals surface area contributed by atoms with Gasteiger partial charge in [0, 0.05) is 36.3 Å². The molecule has 2 rings (SSSR count). The fourth-order valence-corrected chi connectivity index (χ4v) is 4.88. The summed E-state index contributed by atoms with van der Waals surface area (Å²) >= 11 is 0. The fourth-order valence-electron chi connectivity index (χ4n) is 2.76. The van der Waals surface area contributed by atoms with Crippen LogP contribution in [-0.4, -0.2) is 35.2 Å². The van der Waals surface area contributed by atoms with E-state index >= 15 is 0 Å². The van der Waals surface area contributed by atoms with Gasteiger partial charge in [0.15, 0.2) is 9.84 Å². The molecule has 20 heavy (non-hydrogen) atoms. The first kappa shape index (κ1) is 15.5. The van der Waals surface area contributed by atoms with Crippen LogP contribution in [0.2, 0.25) is 0 Å². The van der Waals surface area contributed by atoms with Crippen molar-refractivity contribution in [2.24, 2.45) is 7.05 Å². The molecule has 0 amide bonds. The zero-order valence-corrected chi connectivity index (χ0v) is 13.8. The van der Waals surface area contributed by atoms with Crippen molar-refractivity contribution in [3.63, 3.8) is 0 Å². The number of hydrogen-bond donors (Lipinski definition) is 1.